The Balaban J connectivity index is 0.000000443. The molecule has 73 heavy (non-hydrogen) atoms. The molecule has 7 aromatic rings. The van der Waals surface area contributed by atoms with Crippen LogP contribution in [0.4, 0.5) is 15.3 Å². The maximum Gasteiger partial charge on any atom is 0.419 e. The minimum Gasteiger partial charge on any atom is -0.625 e. The zero-order chi connectivity index (χ0) is 50.3. The van der Waals surface area contributed by atoms with E-state index in [9.17, 15) is 24.3 Å². The molecular weight excluding hydrogens is 1070 g/mol. The largest absolute Gasteiger partial charge is 0.625 e. The summed E-state index contributed by atoms with van der Waals surface area (Å²) in [5.74, 6) is -1.12. The standard InChI is InChI=1S/C41H41ClN4O5.C14H15Cl2NO2.Ni.2H2S/c1-41(2,3)51-40(50)46-26-29(36-31(42)19-12-21-34(36)46)24-33(39(48)49)43-37(28-16-8-5-9-17-28)30-18-10-11-20-32(30)44-38(47)35-22-13-23-45(35)25-27-14-6-4-7-15-27;1-14(2,3)19-13(18)17-8-9(7-15)12-10(16)5-4-6-11(12)17;;;/h4-12,14-21,26,33,35H,13,22-25H2,1-3H3,(H2,43,44,47,48,49);4-6,8H,7H2,1-3H3;;2*1H2/p-1/t33-,35-;;;;/m0..../s1. The first-order chi connectivity index (χ1) is 33.3. The summed E-state index contributed by atoms with van der Waals surface area (Å²) in [6.07, 6.45) is 3.74. The van der Waals surface area contributed by atoms with Gasteiger partial charge in [0.2, 0.25) is 0 Å². The number of likely N-dealkylation sites (tertiary alicyclic amines) is 1. The predicted octanol–water partition coefficient (Wildman–Crippen LogP) is 13.8. The number of hydrogen-bond acceptors (Lipinski definition) is 8. The van der Waals surface area contributed by atoms with Gasteiger partial charge >= 0.3 is 18.2 Å². The molecule has 0 unspecified atom stereocenters. The number of aliphatic imine (C=N–C) groups is 1. The molecule has 18 heteroatoms. The number of ether oxygens (including phenoxy) is 2. The van der Waals surface area contributed by atoms with Crippen LogP contribution in [0.25, 0.3) is 27.1 Å². The van der Waals surface area contributed by atoms with Crippen molar-refractivity contribution in [2.75, 3.05) is 6.54 Å². The minimum atomic E-state index is -1.28. The Hall–Kier alpha value is -5.25. The summed E-state index contributed by atoms with van der Waals surface area (Å²) in [5, 5.41) is 17.5. The second kappa shape index (κ2) is 26.3. The van der Waals surface area contributed by atoms with Crippen molar-refractivity contribution in [3.05, 3.63) is 177 Å². The number of benzene rings is 5. The van der Waals surface area contributed by atoms with Crippen molar-refractivity contribution in [1.29, 1.82) is 0 Å². The van der Waals surface area contributed by atoms with Crippen LogP contribution in [0, 0.1) is 0 Å². The number of hydrogen-bond donors (Lipinski definition) is 1. The summed E-state index contributed by atoms with van der Waals surface area (Å²) in [5.41, 5.74) is 4.37. The van der Waals surface area contributed by atoms with E-state index >= 15 is 0 Å². The molecule has 2 atom stereocenters. The van der Waals surface area contributed by atoms with Gasteiger partial charge in [0.05, 0.1) is 38.7 Å². The maximum atomic E-state index is 13.8. The number of aliphatic carboxylic acids is 1. The van der Waals surface area contributed by atoms with Gasteiger partial charge in [-0.15, -0.1) is 17.3 Å². The summed E-state index contributed by atoms with van der Waals surface area (Å²) in [7, 11) is 0. The normalized spacial score (nSPS) is 14.2. The predicted molar refractivity (Wildman–Crippen MR) is 299 cm³/mol. The van der Waals surface area contributed by atoms with Crippen LogP contribution in [0.1, 0.15) is 82.2 Å². The SMILES string of the molecule is CC(C)(C)OC(=O)n1cc(CCl)c2c(Cl)cccc21.CC(C)(C)OC(=O)n1cc(C[C@H](N=C(c2ccccc2)c2ccccc2[N-]C(=O)[C@@H]2CCCN2Cc2ccccc2)C(=O)O)c2c(Cl)cccc21.S.S.[Ni]. The van der Waals surface area contributed by atoms with Gasteiger partial charge in [0.25, 0.3) is 0 Å². The molecule has 1 N–H and O–H groups in total. The molecule has 5 aromatic carbocycles. The van der Waals surface area contributed by atoms with Gasteiger partial charge in [0.15, 0.2) is 6.04 Å². The molecule has 1 aliphatic heterocycles. The third-order valence-electron chi connectivity index (χ3n) is 11.3. The maximum absolute atomic E-state index is 13.8. The summed E-state index contributed by atoms with van der Waals surface area (Å²) >= 11 is 18.7. The van der Waals surface area contributed by atoms with Gasteiger partial charge in [-0.05, 0) is 107 Å². The molecule has 2 aromatic heterocycles. The molecule has 1 fully saturated rings. The number of carboxylic acids is 1. The van der Waals surface area contributed by atoms with Crippen LogP contribution in [0.15, 0.2) is 139 Å². The van der Waals surface area contributed by atoms with Gasteiger partial charge in [-0.3, -0.25) is 19.0 Å². The first-order valence-electron chi connectivity index (χ1n) is 22.9. The third kappa shape index (κ3) is 15.2. The molecule has 1 aliphatic rings. The number of amides is 1. The number of nitrogens with zero attached hydrogens (tertiary/aromatic N) is 5. The molecule has 0 bridgehead atoms. The van der Waals surface area contributed by atoms with Gasteiger partial charge in [-0.1, -0.05) is 120 Å². The van der Waals surface area contributed by atoms with E-state index in [0.717, 1.165) is 29.5 Å². The monoisotopic (exact) mass is 1130 g/mol. The Morgan fingerprint density at radius 3 is 1.75 bits per heavy atom. The number of alkyl halides is 1. The van der Waals surface area contributed by atoms with Gasteiger partial charge in [0.1, 0.15) is 11.2 Å². The Labute approximate surface area is 465 Å². The van der Waals surface area contributed by atoms with Crippen molar-refractivity contribution >= 4 is 119 Å². The molecule has 0 saturated carbocycles. The topological polar surface area (TPSA) is 147 Å². The fourth-order valence-corrected chi connectivity index (χ4v) is 9.13. The van der Waals surface area contributed by atoms with E-state index in [1.807, 2.05) is 81.4 Å². The quantitative estimate of drug-likeness (QED) is 0.0765. The summed E-state index contributed by atoms with van der Waals surface area (Å²) in [6.45, 7) is 12.3. The van der Waals surface area contributed by atoms with Crippen molar-refractivity contribution in [1.82, 2.24) is 14.0 Å². The molecule has 390 valence electrons. The average molecular weight is 1130 g/mol. The van der Waals surface area contributed by atoms with E-state index in [4.69, 9.17) is 49.3 Å². The van der Waals surface area contributed by atoms with Gasteiger partial charge in [0, 0.05) is 64.1 Å². The summed E-state index contributed by atoms with van der Waals surface area (Å²) in [4.78, 5) is 59.2. The molecule has 1 saturated heterocycles. The van der Waals surface area contributed by atoms with E-state index in [1.165, 1.54) is 9.13 Å². The van der Waals surface area contributed by atoms with Crippen LogP contribution in [0.5, 0.6) is 0 Å². The van der Waals surface area contributed by atoms with Crippen molar-refractivity contribution < 1.29 is 50.2 Å². The molecule has 1 amide bonds. The first-order valence-corrected chi connectivity index (χ1v) is 24.2. The zero-order valence-corrected chi connectivity index (χ0v) is 46.4. The van der Waals surface area contributed by atoms with E-state index < -0.39 is 35.4 Å². The number of halogens is 3. The van der Waals surface area contributed by atoms with Gasteiger partial charge < -0.3 is 24.7 Å². The number of carboxylic acid groups (broad SMARTS) is 1. The molecule has 12 nitrogen and oxygen atoms in total. The van der Waals surface area contributed by atoms with E-state index in [0.29, 0.717) is 67.5 Å². The van der Waals surface area contributed by atoms with E-state index in [1.54, 1.807) is 81.7 Å². The van der Waals surface area contributed by atoms with Crippen LogP contribution in [-0.2, 0) is 54.4 Å². The number of para-hydroxylation sites is 1. The molecule has 3 heterocycles. The van der Waals surface area contributed by atoms with Crippen LogP contribution in [0.2, 0.25) is 10.0 Å². The van der Waals surface area contributed by atoms with Gasteiger partial charge in [-0.25, -0.2) is 14.4 Å². The molecule has 0 radical (unpaired) electrons. The minimum absolute atomic E-state index is 0. The van der Waals surface area contributed by atoms with Crippen molar-refractivity contribution in [2.24, 2.45) is 4.99 Å². The fraction of sp³-hybridized carbons (Fsp3) is 0.291. The Kier molecular flexibility index (Phi) is 21.7. The summed E-state index contributed by atoms with van der Waals surface area (Å²) in [6, 6.07) is 35.4. The van der Waals surface area contributed by atoms with Crippen molar-refractivity contribution in [2.45, 2.75) is 96.5 Å². The van der Waals surface area contributed by atoms with E-state index in [2.05, 4.69) is 22.3 Å². The number of aromatic nitrogens is 2. The van der Waals surface area contributed by atoms with Gasteiger partial charge in [-0.2, -0.15) is 27.0 Å². The number of fused-ring (bicyclic) bond motifs is 2. The molecule has 0 aliphatic carbocycles. The number of carbonyl (C=O) groups excluding carboxylic acids is 3. The zero-order valence-electron chi connectivity index (χ0n) is 41.2. The van der Waals surface area contributed by atoms with Crippen LogP contribution < -0.4 is 0 Å². The molecular formula is C55H59Cl3N5NiO7S2-. The Bertz CT molecular complexity index is 3070. The van der Waals surface area contributed by atoms with Crippen molar-refractivity contribution in [3.8, 4) is 0 Å². The van der Waals surface area contributed by atoms with Crippen LogP contribution in [0.3, 0.4) is 0 Å². The fourth-order valence-electron chi connectivity index (χ4n) is 8.35. The second-order valence-electron chi connectivity index (χ2n) is 18.9. The second-order valence-corrected chi connectivity index (χ2v) is 20.0. The Morgan fingerprint density at radius 1 is 0.712 bits per heavy atom. The number of rotatable bonds is 11. The number of carbonyl (C=O) groups is 4. The first kappa shape index (κ1) is 60.3. The van der Waals surface area contributed by atoms with Crippen molar-refractivity contribution in [3.63, 3.8) is 0 Å². The summed E-state index contributed by atoms with van der Waals surface area (Å²) < 4.78 is 13.8. The molecule has 8 rings (SSSR count). The molecule has 0 spiro atoms. The average Bonchev–Trinajstić information content (AvgIpc) is 4.05. The van der Waals surface area contributed by atoms with Crippen LogP contribution in [-0.4, -0.2) is 78.7 Å². The van der Waals surface area contributed by atoms with Crippen LogP contribution >= 0.6 is 61.8 Å². The Morgan fingerprint density at radius 2 is 1.22 bits per heavy atom. The third-order valence-corrected chi connectivity index (χ3v) is 12.3. The van der Waals surface area contributed by atoms with E-state index in [-0.39, 0.29) is 67.7 Å². The smallest absolute Gasteiger partial charge is 0.419 e.